The number of rotatable bonds is 8. The van der Waals surface area contributed by atoms with E-state index in [1.54, 1.807) is 0 Å². The number of nitrogens with one attached hydrogen (secondary N) is 2. The summed E-state index contributed by atoms with van der Waals surface area (Å²) in [5.74, 6) is 0.760. The first-order chi connectivity index (χ1) is 19.5. The maximum absolute atomic E-state index is 12.3. The molecule has 3 aliphatic heterocycles. The quantitative estimate of drug-likeness (QED) is 0.458. The van der Waals surface area contributed by atoms with Gasteiger partial charge in [-0.2, -0.15) is 4.98 Å². The Bertz CT molecular complexity index is 1170. The first-order valence-corrected chi connectivity index (χ1v) is 15.1. The van der Waals surface area contributed by atoms with Crippen LogP contribution in [0.3, 0.4) is 0 Å². The van der Waals surface area contributed by atoms with Crippen molar-refractivity contribution < 1.29 is 9.53 Å². The predicted molar refractivity (Wildman–Crippen MR) is 158 cm³/mol. The van der Waals surface area contributed by atoms with E-state index in [9.17, 15) is 4.79 Å². The molecule has 10 heteroatoms. The smallest absolute Gasteiger partial charge is 0.271 e. The molecule has 1 amide bonds. The summed E-state index contributed by atoms with van der Waals surface area (Å²) in [6.45, 7) is 9.79. The molecule has 3 saturated heterocycles. The van der Waals surface area contributed by atoms with Crippen molar-refractivity contribution in [3.63, 3.8) is 0 Å². The standard InChI is InChI=1S/C30H44N8O2/c1-3-24-30(40-26-10-13-32-25-9-8-23(25)26)35-29(27(34-24)28(31)39)33-20-4-6-21(7-5-20)37-14-11-22(12-15-37)38-18-16-36(2)17-19-38/h4-7,22-23,25-26,32H,3,8-19H2,1-2H3,(H2,31,39)(H,33,35)/t23-,25+,26?/m0/s1. The Morgan fingerprint density at radius 3 is 2.42 bits per heavy atom. The van der Waals surface area contributed by atoms with Crippen LogP contribution in [0.25, 0.3) is 0 Å². The minimum atomic E-state index is -0.600. The largest absolute Gasteiger partial charge is 0.473 e. The fraction of sp³-hybridized carbons (Fsp3) is 0.633. The zero-order chi connectivity index (χ0) is 27.6. The molecule has 4 heterocycles. The lowest BCUT2D eigenvalue weighted by Gasteiger charge is -2.46. The second-order valence-corrected chi connectivity index (χ2v) is 11.9. The highest BCUT2D eigenvalue weighted by atomic mass is 16.5. The van der Waals surface area contributed by atoms with E-state index in [4.69, 9.17) is 15.5 Å². The van der Waals surface area contributed by atoms with Crippen LogP contribution in [0.4, 0.5) is 17.2 Å². The molecule has 10 nitrogen and oxygen atoms in total. The number of ether oxygens (including phenoxy) is 1. The fourth-order valence-corrected chi connectivity index (χ4v) is 6.75. The number of carbonyl (C=O) groups is 1. The topological polar surface area (TPSA) is 112 Å². The van der Waals surface area contributed by atoms with Crippen LogP contribution in [0, 0.1) is 5.92 Å². The van der Waals surface area contributed by atoms with Crippen LogP contribution >= 0.6 is 0 Å². The molecular formula is C30H44N8O2. The zero-order valence-corrected chi connectivity index (χ0v) is 23.9. The molecule has 40 heavy (non-hydrogen) atoms. The van der Waals surface area contributed by atoms with E-state index in [2.05, 4.69) is 49.5 Å². The Morgan fingerprint density at radius 1 is 1.02 bits per heavy atom. The van der Waals surface area contributed by atoms with Gasteiger partial charge < -0.3 is 30.9 Å². The molecule has 6 rings (SSSR count). The van der Waals surface area contributed by atoms with E-state index in [1.807, 2.05) is 19.1 Å². The van der Waals surface area contributed by atoms with Crippen molar-refractivity contribution in [3.05, 3.63) is 35.7 Å². The summed E-state index contributed by atoms with van der Waals surface area (Å²) < 4.78 is 6.46. The Labute approximate surface area is 237 Å². The average Bonchev–Trinajstić information content (AvgIpc) is 2.95. The molecule has 0 spiro atoms. The van der Waals surface area contributed by atoms with E-state index in [-0.39, 0.29) is 11.8 Å². The highest BCUT2D eigenvalue weighted by Crippen LogP contribution is 2.37. The normalized spacial score (nSPS) is 26.1. The lowest BCUT2D eigenvalue weighted by atomic mass is 9.73. The van der Waals surface area contributed by atoms with Gasteiger partial charge in [-0.05, 0) is 76.4 Å². The monoisotopic (exact) mass is 548 g/mol. The number of aryl methyl sites for hydroxylation is 1. The molecule has 4 N–H and O–H groups in total. The van der Waals surface area contributed by atoms with Gasteiger partial charge >= 0.3 is 0 Å². The summed E-state index contributed by atoms with van der Waals surface area (Å²) in [7, 11) is 2.21. The number of anilines is 3. The van der Waals surface area contributed by atoms with Gasteiger partial charge in [-0.1, -0.05) is 6.92 Å². The minimum Gasteiger partial charge on any atom is -0.473 e. The van der Waals surface area contributed by atoms with Gasteiger partial charge in [-0.25, -0.2) is 4.98 Å². The number of piperazine rings is 1. The molecule has 3 atom stereocenters. The van der Waals surface area contributed by atoms with E-state index in [0.29, 0.717) is 41.8 Å². The number of fused-ring (bicyclic) bond motifs is 1. The number of aromatic nitrogens is 2. The molecule has 1 unspecified atom stereocenters. The molecule has 0 bridgehead atoms. The van der Waals surface area contributed by atoms with E-state index < -0.39 is 5.91 Å². The second-order valence-electron chi connectivity index (χ2n) is 11.9. The molecule has 2 aromatic rings. The first kappa shape index (κ1) is 27.2. The summed E-state index contributed by atoms with van der Waals surface area (Å²) in [6.07, 6.45) is 6.45. The number of nitrogens with zero attached hydrogens (tertiary/aromatic N) is 5. The number of hydrogen-bond acceptors (Lipinski definition) is 9. The number of likely N-dealkylation sites (N-methyl/N-ethyl adjacent to an activating group) is 1. The van der Waals surface area contributed by atoms with Crippen LogP contribution in [-0.2, 0) is 6.42 Å². The molecule has 0 radical (unpaired) electrons. The van der Waals surface area contributed by atoms with Crippen molar-refractivity contribution in [2.45, 2.75) is 63.6 Å². The third-order valence-electron chi connectivity index (χ3n) is 9.42. The maximum atomic E-state index is 12.3. The lowest BCUT2D eigenvalue weighted by molar-refractivity contribution is 0.0156. The van der Waals surface area contributed by atoms with Gasteiger partial charge in [0.1, 0.15) is 11.8 Å². The number of benzene rings is 1. The van der Waals surface area contributed by atoms with Crippen LogP contribution < -0.4 is 26.0 Å². The Balaban J connectivity index is 1.12. The van der Waals surface area contributed by atoms with Crippen LogP contribution in [-0.4, -0.2) is 96.7 Å². The minimum absolute atomic E-state index is 0.117. The van der Waals surface area contributed by atoms with E-state index in [1.165, 1.54) is 57.5 Å². The molecule has 1 aromatic carbocycles. The molecule has 1 saturated carbocycles. The molecule has 1 aliphatic carbocycles. The van der Waals surface area contributed by atoms with Crippen molar-refractivity contribution in [3.8, 4) is 5.88 Å². The van der Waals surface area contributed by atoms with Gasteiger partial charge in [0.15, 0.2) is 11.5 Å². The number of piperidine rings is 2. The van der Waals surface area contributed by atoms with Crippen LogP contribution in [0.15, 0.2) is 24.3 Å². The van der Waals surface area contributed by atoms with Crippen LogP contribution in [0.2, 0.25) is 0 Å². The van der Waals surface area contributed by atoms with Crippen LogP contribution in [0.5, 0.6) is 5.88 Å². The SMILES string of the molecule is CCc1nc(C(N)=O)c(Nc2ccc(N3CCC(N4CCN(C)CC4)CC3)cc2)nc1OC1CCN[C@@H]2CC[C@H]12. The molecule has 216 valence electrons. The summed E-state index contributed by atoms with van der Waals surface area (Å²) in [6, 6.07) is 9.58. The average molecular weight is 549 g/mol. The lowest BCUT2D eigenvalue weighted by Crippen LogP contribution is -2.56. The van der Waals surface area contributed by atoms with Gasteiger partial charge in [0.05, 0.1) is 0 Å². The number of primary amides is 1. The first-order valence-electron chi connectivity index (χ1n) is 15.1. The highest BCUT2D eigenvalue weighted by molar-refractivity contribution is 5.96. The Hall–Kier alpha value is -2.95. The zero-order valence-electron chi connectivity index (χ0n) is 23.9. The van der Waals surface area contributed by atoms with Gasteiger partial charge in [0, 0.05) is 68.6 Å². The van der Waals surface area contributed by atoms with E-state index >= 15 is 0 Å². The summed E-state index contributed by atoms with van der Waals surface area (Å²) in [5.41, 5.74) is 8.60. The number of nitrogens with two attached hydrogens (primary N) is 1. The summed E-state index contributed by atoms with van der Waals surface area (Å²) >= 11 is 0. The molecule has 4 aliphatic rings. The highest BCUT2D eigenvalue weighted by Gasteiger charge is 2.41. The number of hydrogen-bond donors (Lipinski definition) is 3. The van der Waals surface area contributed by atoms with Crippen molar-refractivity contribution in [2.75, 3.05) is 63.1 Å². The van der Waals surface area contributed by atoms with Crippen molar-refractivity contribution in [2.24, 2.45) is 11.7 Å². The van der Waals surface area contributed by atoms with Gasteiger partial charge in [0.2, 0.25) is 5.88 Å². The number of carbonyl (C=O) groups excluding carboxylic acids is 1. The van der Waals surface area contributed by atoms with Crippen LogP contribution in [0.1, 0.15) is 55.2 Å². The Morgan fingerprint density at radius 2 is 1.77 bits per heavy atom. The van der Waals surface area contributed by atoms with Crippen molar-refractivity contribution >= 4 is 23.1 Å². The Kier molecular flexibility index (Phi) is 8.09. The summed E-state index contributed by atoms with van der Waals surface area (Å²) in [4.78, 5) is 29.3. The third kappa shape index (κ3) is 5.75. The van der Waals surface area contributed by atoms with Gasteiger partial charge in [0.25, 0.3) is 5.91 Å². The second kappa shape index (κ2) is 11.9. The molecular weight excluding hydrogens is 504 g/mol. The fourth-order valence-electron chi connectivity index (χ4n) is 6.75. The maximum Gasteiger partial charge on any atom is 0.271 e. The third-order valence-corrected chi connectivity index (χ3v) is 9.42. The van der Waals surface area contributed by atoms with Crippen molar-refractivity contribution in [1.29, 1.82) is 0 Å². The summed E-state index contributed by atoms with van der Waals surface area (Å²) in [5, 5.41) is 6.89. The predicted octanol–water partition coefficient (Wildman–Crippen LogP) is 2.62. The van der Waals surface area contributed by atoms with Crippen molar-refractivity contribution in [1.82, 2.24) is 25.1 Å². The van der Waals surface area contributed by atoms with Gasteiger partial charge in [-0.3, -0.25) is 9.69 Å². The van der Waals surface area contributed by atoms with E-state index in [0.717, 1.165) is 31.7 Å². The molecule has 1 aromatic heterocycles. The van der Waals surface area contributed by atoms with Gasteiger partial charge in [-0.15, -0.1) is 0 Å². The number of amides is 1. The molecule has 4 fully saturated rings.